The zero-order chi connectivity index (χ0) is 17.5. The molecule has 0 amide bonds. The lowest BCUT2D eigenvalue weighted by Crippen LogP contribution is -2.14. The molecule has 24 heavy (non-hydrogen) atoms. The molecule has 0 N–H and O–H groups in total. The van der Waals surface area contributed by atoms with E-state index in [2.05, 4.69) is 0 Å². The first-order valence-electron chi connectivity index (χ1n) is 7.37. The van der Waals surface area contributed by atoms with E-state index in [-0.39, 0.29) is 4.90 Å². The van der Waals surface area contributed by atoms with Crippen LogP contribution in [0.15, 0.2) is 53.4 Å². The van der Waals surface area contributed by atoms with E-state index >= 15 is 0 Å². The molecule has 6 heteroatoms. The number of carbonyl (C=O) groups excluding carboxylic acids is 1. The Morgan fingerprint density at radius 1 is 1.00 bits per heavy atom. The van der Waals surface area contributed by atoms with Crippen molar-refractivity contribution in [2.24, 2.45) is 0 Å². The summed E-state index contributed by atoms with van der Waals surface area (Å²) < 4.78 is 32.1. The van der Waals surface area contributed by atoms with Gasteiger partial charge in [0.25, 0.3) is 10.0 Å². The quantitative estimate of drug-likeness (QED) is 0.685. The molecule has 0 aliphatic rings. The molecule has 1 aromatic heterocycles. The van der Waals surface area contributed by atoms with Gasteiger partial charge in [0, 0.05) is 11.1 Å². The van der Waals surface area contributed by atoms with E-state index in [0.717, 1.165) is 10.9 Å². The Bertz CT molecular complexity index is 1030. The van der Waals surface area contributed by atoms with Crippen molar-refractivity contribution in [2.45, 2.75) is 18.7 Å². The van der Waals surface area contributed by atoms with Gasteiger partial charge in [0.1, 0.15) is 0 Å². The monoisotopic (exact) mass is 343 g/mol. The number of fused-ring (bicyclic) bond motifs is 1. The van der Waals surface area contributed by atoms with Gasteiger partial charge < -0.3 is 4.74 Å². The number of hydrogen-bond acceptors (Lipinski definition) is 4. The molecule has 0 unspecified atom stereocenters. The highest BCUT2D eigenvalue weighted by Crippen LogP contribution is 2.26. The molecule has 0 aliphatic carbocycles. The molecular formula is C18H17NO4S. The minimum atomic E-state index is -3.75. The molecule has 0 atom stereocenters. The highest BCUT2D eigenvalue weighted by Gasteiger charge is 2.22. The smallest absolute Gasteiger partial charge is 0.337 e. The van der Waals surface area contributed by atoms with Crippen LogP contribution in [0, 0.1) is 13.8 Å². The lowest BCUT2D eigenvalue weighted by Gasteiger charge is -2.11. The predicted octanol–water partition coefficient (Wildman–Crippen LogP) is 3.28. The fourth-order valence-corrected chi connectivity index (χ4v) is 4.23. The fraction of sp³-hybridized carbons (Fsp3) is 0.167. The maximum Gasteiger partial charge on any atom is 0.337 e. The van der Waals surface area contributed by atoms with Crippen molar-refractivity contribution in [3.05, 3.63) is 65.4 Å². The topological polar surface area (TPSA) is 65.4 Å². The number of esters is 1. The first-order valence-corrected chi connectivity index (χ1v) is 8.81. The highest BCUT2D eigenvalue weighted by atomic mass is 32.2. The SMILES string of the molecule is COC(=O)c1ccc2cc(C)n(S(=O)(=O)c3ccc(C)cc3)c2c1. The first-order chi connectivity index (χ1) is 11.3. The maximum absolute atomic E-state index is 13.0. The van der Waals surface area contributed by atoms with Crippen LogP contribution < -0.4 is 0 Å². The van der Waals surface area contributed by atoms with Gasteiger partial charge in [0.05, 0.1) is 23.1 Å². The third kappa shape index (κ3) is 2.59. The predicted molar refractivity (Wildman–Crippen MR) is 91.8 cm³/mol. The largest absolute Gasteiger partial charge is 0.465 e. The molecule has 1 heterocycles. The molecular weight excluding hydrogens is 326 g/mol. The molecule has 0 radical (unpaired) electrons. The molecule has 0 fully saturated rings. The van der Waals surface area contributed by atoms with Crippen LogP contribution in [-0.4, -0.2) is 25.5 Å². The number of hydrogen-bond donors (Lipinski definition) is 0. The second kappa shape index (κ2) is 5.79. The lowest BCUT2D eigenvalue weighted by molar-refractivity contribution is 0.0601. The summed E-state index contributed by atoms with van der Waals surface area (Å²) >= 11 is 0. The summed E-state index contributed by atoms with van der Waals surface area (Å²) in [6.07, 6.45) is 0. The molecule has 124 valence electrons. The molecule has 0 saturated heterocycles. The number of aromatic nitrogens is 1. The zero-order valence-corrected chi connectivity index (χ0v) is 14.4. The van der Waals surface area contributed by atoms with Crippen LogP contribution in [0.25, 0.3) is 10.9 Å². The van der Waals surface area contributed by atoms with Crippen LogP contribution >= 0.6 is 0 Å². The molecule has 0 spiro atoms. The van der Waals surface area contributed by atoms with E-state index in [1.165, 1.54) is 11.1 Å². The Morgan fingerprint density at radius 3 is 2.29 bits per heavy atom. The van der Waals surface area contributed by atoms with Crippen molar-refractivity contribution in [1.29, 1.82) is 0 Å². The Morgan fingerprint density at radius 2 is 1.67 bits per heavy atom. The summed E-state index contributed by atoms with van der Waals surface area (Å²) in [5, 5.41) is 0.746. The van der Waals surface area contributed by atoms with Gasteiger partial charge >= 0.3 is 5.97 Å². The average molecular weight is 343 g/mol. The van der Waals surface area contributed by atoms with Crippen LogP contribution in [0.1, 0.15) is 21.6 Å². The highest BCUT2D eigenvalue weighted by molar-refractivity contribution is 7.90. The van der Waals surface area contributed by atoms with Gasteiger partial charge in [0.15, 0.2) is 0 Å². The Kier molecular flexibility index (Phi) is 3.93. The Balaban J connectivity index is 2.26. The van der Waals surface area contributed by atoms with Gasteiger partial charge in [-0.05, 0) is 44.2 Å². The second-order valence-electron chi connectivity index (χ2n) is 5.63. The molecule has 0 aliphatic heterocycles. The number of aryl methyl sites for hydroxylation is 2. The van der Waals surface area contributed by atoms with Crippen LogP contribution in [0.2, 0.25) is 0 Å². The van der Waals surface area contributed by atoms with Crippen molar-refractivity contribution in [3.63, 3.8) is 0 Å². The Labute approximate surface area is 140 Å². The van der Waals surface area contributed by atoms with Gasteiger partial charge in [-0.3, -0.25) is 0 Å². The molecule has 3 aromatic rings. The number of ether oxygens (including phenoxy) is 1. The minimum absolute atomic E-state index is 0.206. The maximum atomic E-state index is 13.0. The summed E-state index contributed by atoms with van der Waals surface area (Å²) in [6, 6.07) is 13.3. The third-order valence-electron chi connectivity index (χ3n) is 3.91. The number of methoxy groups -OCH3 is 1. The molecule has 0 bridgehead atoms. The number of carbonyl (C=O) groups is 1. The molecule has 5 nitrogen and oxygen atoms in total. The number of benzene rings is 2. The Hall–Kier alpha value is -2.60. The van der Waals surface area contributed by atoms with Gasteiger partial charge in [-0.2, -0.15) is 0 Å². The van der Waals surface area contributed by atoms with Gasteiger partial charge in [-0.25, -0.2) is 17.2 Å². The summed E-state index contributed by atoms with van der Waals surface area (Å²) in [7, 11) is -2.46. The van der Waals surface area contributed by atoms with Crippen molar-refractivity contribution in [1.82, 2.24) is 3.97 Å². The van der Waals surface area contributed by atoms with Gasteiger partial charge in [0.2, 0.25) is 0 Å². The minimum Gasteiger partial charge on any atom is -0.465 e. The van der Waals surface area contributed by atoms with Gasteiger partial charge in [-0.15, -0.1) is 0 Å². The molecule has 0 saturated carbocycles. The van der Waals surface area contributed by atoms with Gasteiger partial charge in [-0.1, -0.05) is 23.8 Å². The lowest BCUT2D eigenvalue weighted by atomic mass is 10.1. The zero-order valence-electron chi connectivity index (χ0n) is 13.6. The van der Waals surface area contributed by atoms with E-state index in [1.54, 1.807) is 55.5 Å². The molecule has 2 aromatic carbocycles. The van der Waals surface area contributed by atoms with E-state index in [1.807, 2.05) is 6.92 Å². The van der Waals surface area contributed by atoms with Crippen LogP contribution in [0.4, 0.5) is 0 Å². The van der Waals surface area contributed by atoms with Crippen LogP contribution in [0.3, 0.4) is 0 Å². The summed E-state index contributed by atoms with van der Waals surface area (Å²) in [4.78, 5) is 12.0. The summed E-state index contributed by atoms with van der Waals surface area (Å²) in [6.45, 7) is 3.62. The van der Waals surface area contributed by atoms with E-state index in [4.69, 9.17) is 4.74 Å². The van der Waals surface area contributed by atoms with Crippen molar-refractivity contribution in [2.75, 3.05) is 7.11 Å². The second-order valence-corrected chi connectivity index (χ2v) is 7.42. The molecule has 3 rings (SSSR count). The fourth-order valence-electron chi connectivity index (χ4n) is 2.69. The third-order valence-corrected chi connectivity index (χ3v) is 5.75. The number of nitrogens with zero attached hydrogens (tertiary/aromatic N) is 1. The normalized spacial score (nSPS) is 11.6. The van der Waals surface area contributed by atoms with Crippen molar-refractivity contribution < 1.29 is 17.9 Å². The average Bonchev–Trinajstić information content (AvgIpc) is 2.90. The van der Waals surface area contributed by atoms with Crippen molar-refractivity contribution >= 4 is 26.9 Å². The van der Waals surface area contributed by atoms with E-state index in [0.29, 0.717) is 16.8 Å². The van der Waals surface area contributed by atoms with Crippen LogP contribution in [-0.2, 0) is 14.8 Å². The van der Waals surface area contributed by atoms with E-state index in [9.17, 15) is 13.2 Å². The summed E-state index contributed by atoms with van der Waals surface area (Å²) in [5.41, 5.74) is 2.32. The van der Waals surface area contributed by atoms with E-state index < -0.39 is 16.0 Å². The number of rotatable bonds is 3. The first kappa shape index (κ1) is 16.3. The van der Waals surface area contributed by atoms with Crippen molar-refractivity contribution in [3.8, 4) is 0 Å². The summed E-state index contributed by atoms with van der Waals surface area (Å²) in [5.74, 6) is -0.505. The van der Waals surface area contributed by atoms with Crippen LogP contribution in [0.5, 0.6) is 0 Å². The standard InChI is InChI=1S/C18H17NO4S/c1-12-4-8-16(9-5-12)24(21,22)19-13(2)10-14-6-7-15(11-17(14)19)18(20)23-3/h4-11H,1-3H3.